The summed E-state index contributed by atoms with van der Waals surface area (Å²) in [5.41, 5.74) is 10.8. The molecule has 10 heteroatoms. The van der Waals surface area contributed by atoms with Crippen LogP contribution in [0.3, 0.4) is 0 Å². The normalized spacial score (nSPS) is 13.9. The number of hydrogen-bond donors (Lipinski definition) is 5. The minimum atomic E-state index is -0.355. The molecule has 0 radical (unpaired) electrons. The topological polar surface area (TPSA) is 143 Å². The number of aromatic nitrogens is 2. The van der Waals surface area contributed by atoms with Gasteiger partial charge in [0.15, 0.2) is 0 Å². The maximum Gasteiger partial charge on any atom is 0.253 e. The number of benzene rings is 1. The third-order valence-corrected chi connectivity index (χ3v) is 7.16. The summed E-state index contributed by atoms with van der Waals surface area (Å²) in [6, 6.07) is 9.75. The molecule has 6 N–H and O–H groups in total. The number of nitrogens with one attached hydrogen (secondary N) is 4. The number of pyridine rings is 2. The molecule has 212 valence electrons. The van der Waals surface area contributed by atoms with Gasteiger partial charge in [-0.2, -0.15) is 0 Å². The van der Waals surface area contributed by atoms with Gasteiger partial charge < -0.3 is 31.7 Å². The zero-order chi connectivity index (χ0) is 28.8. The van der Waals surface area contributed by atoms with Gasteiger partial charge in [-0.1, -0.05) is 0 Å². The molecular formula is C30H40N8O2. The van der Waals surface area contributed by atoms with E-state index < -0.39 is 0 Å². The maximum atomic E-state index is 13.5. The summed E-state index contributed by atoms with van der Waals surface area (Å²) in [7, 11) is 0. The first-order chi connectivity index (χ1) is 19.2. The fraction of sp³-hybridized carbons (Fsp3) is 0.400. The van der Waals surface area contributed by atoms with Crippen molar-refractivity contribution in [2.75, 3.05) is 49.5 Å². The van der Waals surface area contributed by atoms with Crippen molar-refractivity contribution in [3.8, 4) is 11.1 Å². The first-order valence-corrected chi connectivity index (χ1v) is 13.8. The minimum absolute atomic E-state index is 0.0870. The van der Waals surface area contributed by atoms with Crippen LogP contribution in [-0.2, 0) is 6.54 Å². The molecule has 1 aliphatic heterocycles. The Kier molecular flexibility index (Phi) is 9.34. The number of H-pyrrole nitrogens is 1. The molecule has 1 saturated heterocycles. The monoisotopic (exact) mass is 544 g/mol. The summed E-state index contributed by atoms with van der Waals surface area (Å²) >= 11 is 0. The number of aromatic amines is 1. The number of hydrogen-bond acceptors (Lipinski definition) is 8. The summed E-state index contributed by atoms with van der Waals surface area (Å²) in [5.74, 6) is 0.566. The van der Waals surface area contributed by atoms with Crippen molar-refractivity contribution < 1.29 is 4.79 Å². The van der Waals surface area contributed by atoms with E-state index in [1.165, 1.54) is 6.21 Å². The lowest BCUT2D eigenvalue weighted by Gasteiger charge is -2.35. The first kappa shape index (κ1) is 29.0. The predicted molar refractivity (Wildman–Crippen MR) is 162 cm³/mol. The SMILES string of the molecule is Cc1cc(C)c(CNC(=O)c2cc(-c3ccc(N4CCN(CCN)CC4)nc3)cc(NC(C)C)c2C=N)c(=O)[nH]1. The number of carbonyl (C=O) groups is 1. The smallest absolute Gasteiger partial charge is 0.253 e. The lowest BCUT2D eigenvalue weighted by Crippen LogP contribution is -2.48. The van der Waals surface area contributed by atoms with Crippen molar-refractivity contribution in [2.45, 2.75) is 40.3 Å². The quantitative estimate of drug-likeness (QED) is 0.247. The van der Waals surface area contributed by atoms with E-state index in [0.717, 1.165) is 60.9 Å². The van der Waals surface area contributed by atoms with Gasteiger partial charge in [0.25, 0.3) is 11.5 Å². The van der Waals surface area contributed by atoms with E-state index >= 15 is 0 Å². The molecule has 0 spiro atoms. The summed E-state index contributed by atoms with van der Waals surface area (Å²) in [5, 5.41) is 14.3. The molecular weight excluding hydrogens is 504 g/mol. The third-order valence-electron chi connectivity index (χ3n) is 7.16. The van der Waals surface area contributed by atoms with Crippen molar-refractivity contribution in [1.29, 1.82) is 5.41 Å². The Balaban J connectivity index is 1.61. The molecule has 0 saturated carbocycles. The Labute approximate surface area is 235 Å². The molecule has 0 aliphatic carbocycles. The van der Waals surface area contributed by atoms with Gasteiger partial charge in [-0.3, -0.25) is 14.5 Å². The van der Waals surface area contributed by atoms with Gasteiger partial charge in [0.1, 0.15) is 5.82 Å². The zero-order valence-electron chi connectivity index (χ0n) is 23.8. The molecule has 0 atom stereocenters. The van der Waals surface area contributed by atoms with Crippen LogP contribution in [0.4, 0.5) is 11.5 Å². The number of aryl methyl sites for hydroxylation is 2. The van der Waals surface area contributed by atoms with E-state index in [9.17, 15) is 9.59 Å². The van der Waals surface area contributed by atoms with Crippen molar-refractivity contribution >= 4 is 23.6 Å². The van der Waals surface area contributed by atoms with E-state index in [0.29, 0.717) is 28.9 Å². The van der Waals surface area contributed by atoms with Crippen LogP contribution in [0.2, 0.25) is 0 Å². The molecule has 2 aromatic heterocycles. The largest absolute Gasteiger partial charge is 0.382 e. The van der Waals surface area contributed by atoms with Crippen LogP contribution in [0.5, 0.6) is 0 Å². The number of piperazine rings is 1. The Morgan fingerprint density at radius 1 is 1.15 bits per heavy atom. The number of nitrogens with zero attached hydrogens (tertiary/aromatic N) is 3. The van der Waals surface area contributed by atoms with Crippen LogP contribution < -0.4 is 26.8 Å². The van der Waals surface area contributed by atoms with Crippen LogP contribution in [0.25, 0.3) is 11.1 Å². The van der Waals surface area contributed by atoms with E-state index in [-0.39, 0.29) is 24.1 Å². The fourth-order valence-corrected chi connectivity index (χ4v) is 5.09. The molecule has 0 bridgehead atoms. The minimum Gasteiger partial charge on any atom is -0.382 e. The van der Waals surface area contributed by atoms with Crippen LogP contribution in [-0.4, -0.2) is 72.3 Å². The number of amides is 1. The van der Waals surface area contributed by atoms with Gasteiger partial charge >= 0.3 is 0 Å². The van der Waals surface area contributed by atoms with Gasteiger partial charge in [-0.15, -0.1) is 0 Å². The zero-order valence-corrected chi connectivity index (χ0v) is 23.8. The molecule has 0 unspecified atom stereocenters. The highest BCUT2D eigenvalue weighted by Crippen LogP contribution is 2.30. The van der Waals surface area contributed by atoms with Crippen LogP contribution in [0, 0.1) is 19.3 Å². The second kappa shape index (κ2) is 12.9. The first-order valence-electron chi connectivity index (χ1n) is 13.8. The van der Waals surface area contributed by atoms with Crippen molar-refractivity contribution in [3.05, 3.63) is 74.8 Å². The molecule has 10 nitrogen and oxygen atoms in total. The van der Waals surface area contributed by atoms with E-state index in [1.54, 1.807) is 6.07 Å². The number of anilines is 2. The lowest BCUT2D eigenvalue weighted by atomic mass is 9.97. The Morgan fingerprint density at radius 2 is 1.90 bits per heavy atom. The van der Waals surface area contributed by atoms with Crippen molar-refractivity contribution in [3.63, 3.8) is 0 Å². The summed E-state index contributed by atoms with van der Waals surface area (Å²) in [6.45, 7) is 13.1. The van der Waals surface area contributed by atoms with Crippen molar-refractivity contribution in [1.82, 2.24) is 20.2 Å². The van der Waals surface area contributed by atoms with Crippen LogP contribution >= 0.6 is 0 Å². The molecule has 3 heterocycles. The highest BCUT2D eigenvalue weighted by Gasteiger charge is 2.20. The highest BCUT2D eigenvalue weighted by atomic mass is 16.1. The maximum absolute atomic E-state index is 13.5. The molecule has 1 aliphatic rings. The third kappa shape index (κ3) is 6.75. The average Bonchev–Trinajstić information content (AvgIpc) is 2.92. The lowest BCUT2D eigenvalue weighted by molar-refractivity contribution is 0.0950. The second-order valence-corrected chi connectivity index (χ2v) is 10.6. The van der Waals surface area contributed by atoms with Gasteiger partial charge in [-0.25, -0.2) is 4.98 Å². The molecule has 40 heavy (non-hydrogen) atoms. The fourth-order valence-electron chi connectivity index (χ4n) is 5.09. The van der Waals surface area contributed by atoms with E-state index in [2.05, 4.69) is 25.4 Å². The second-order valence-electron chi connectivity index (χ2n) is 10.6. The van der Waals surface area contributed by atoms with Gasteiger partial charge in [0, 0.05) is 92.3 Å². The van der Waals surface area contributed by atoms with Crippen molar-refractivity contribution in [2.24, 2.45) is 5.73 Å². The Hall–Kier alpha value is -4.02. The van der Waals surface area contributed by atoms with Crippen LogP contribution in [0.15, 0.2) is 41.3 Å². The van der Waals surface area contributed by atoms with Gasteiger partial charge in [0.05, 0.1) is 5.56 Å². The Morgan fingerprint density at radius 3 is 2.50 bits per heavy atom. The number of carbonyl (C=O) groups excluding carboxylic acids is 1. The number of rotatable bonds is 10. The standard InChI is InChI=1S/C30H40N8O2/c1-19(2)35-27-15-23(22-5-6-28(33-17-22)38-11-9-37(8-7-31)10-12-38)14-24(25(27)16-32)29(39)34-18-26-20(3)13-21(4)36-30(26)40/h5-6,13-17,19,32,35H,7-12,18,31H2,1-4H3,(H,34,39)(H,36,40). The van der Waals surface area contributed by atoms with Gasteiger partial charge in [0.2, 0.25) is 0 Å². The average molecular weight is 545 g/mol. The molecule has 1 fully saturated rings. The highest BCUT2D eigenvalue weighted by molar-refractivity contribution is 6.06. The summed E-state index contributed by atoms with van der Waals surface area (Å²) in [6.07, 6.45) is 3.02. The predicted octanol–water partition coefficient (Wildman–Crippen LogP) is 2.88. The van der Waals surface area contributed by atoms with E-state index in [1.807, 2.05) is 58.2 Å². The molecule has 1 aromatic carbocycles. The Bertz CT molecular complexity index is 1410. The summed E-state index contributed by atoms with van der Waals surface area (Å²) < 4.78 is 0. The molecule has 1 amide bonds. The van der Waals surface area contributed by atoms with E-state index in [4.69, 9.17) is 16.1 Å². The van der Waals surface area contributed by atoms with Crippen LogP contribution in [0.1, 0.15) is 46.6 Å². The molecule has 3 aromatic rings. The van der Waals surface area contributed by atoms with Gasteiger partial charge in [-0.05, 0) is 69.2 Å². The number of nitrogens with two attached hydrogens (primary N) is 1. The summed E-state index contributed by atoms with van der Waals surface area (Å²) in [4.78, 5) is 38.1. The molecule has 4 rings (SSSR count).